The molecule has 0 unspecified atom stereocenters. The summed E-state index contributed by atoms with van der Waals surface area (Å²) in [6.07, 6.45) is 0. The van der Waals surface area contributed by atoms with Crippen LogP contribution in [0.1, 0.15) is 11.1 Å². The molecule has 0 atom stereocenters. The van der Waals surface area contributed by atoms with Crippen molar-refractivity contribution >= 4 is 23.4 Å². The number of aryl methyl sites for hydroxylation is 2. The fourth-order valence-electron chi connectivity index (χ4n) is 2.26. The summed E-state index contributed by atoms with van der Waals surface area (Å²) in [7, 11) is 1.60. The number of aromatic nitrogens is 2. The third-order valence-corrected chi connectivity index (χ3v) is 4.68. The highest BCUT2D eigenvalue weighted by Crippen LogP contribution is 2.25. The fraction of sp³-hybridized carbons (Fsp3) is 0.211. The number of benzene rings is 2. The zero-order valence-corrected chi connectivity index (χ0v) is 15.6. The first-order chi connectivity index (χ1) is 12.5. The number of hydrogen-bond acceptors (Lipinski definition) is 6. The van der Waals surface area contributed by atoms with Crippen LogP contribution in [0.2, 0.25) is 0 Å². The number of nitrogens with zero attached hydrogens (tertiary/aromatic N) is 2. The lowest BCUT2D eigenvalue weighted by atomic mass is 10.1. The van der Waals surface area contributed by atoms with Crippen LogP contribution < -0.4 is 10.1 Å². The summed E-state index contributed by atoms with van der Waals surface area (Å²) in [5, 5.41) is 11.2. The quantitative estimate of drug-likeness (QED) is 0.660. The lowest BCUT2D eigenvalue weighted by Crippen LogP contribution is -2.13. The Morgan fingerprint density at radius 2 is 1.88 bits per heavy atom. The number of rotatable bonds is 6. The molecule has 6 nitrogen and oxygen atoms in total. The molecular weight excluding hydrogens is 350 g/mol. The van der Waals surface area contributed by atoms with E-state index in [2.05, 4.69) is 22.4 Å². The maximum Gasteiger partial charge on any atom is 0.277 e. The molecule has 0 fully saturated rings. The Morgan fingerprint density at radius 1 is 1.12 bits per heavy atom. The van der Waals surface area contributed by atoms with Gasteiger partial charge in [0.25, 0.3) is 5.22 Å². The molecule has 0 spiro atoms. The molecule has 1 N–H and O–H groups in total. The van der Waals surface area contributed by atoms with Crippen LogP contribution in [0.4, 0.5) is 5.69 Å². The molecule has 0 saturated heterocycles. The van der Waals surface area contributed by atoms with Gasteiger partial charge in [-0.1, -0.05) is 17.8 Å². The molecule has 26 heavy (non-hydrogen) atoms. The molecular formula is C19H19N3O3S. The van der Waals surface area contributed by atoms with Gasteiger partial charge in [-0.05, 0) is 61.4 Å². The number of anilines is 1. The van der Waals surface area contributed by atoms with E-state index in [9.17, 15) is 4.79 Å². The van der Waals surface area contributed by atoms with Crippen molar-refractivity contribution in [2.75, 3.05) is 18.2 Å². The summed E-state index contributed by atoms with van der Waals surface area (Å²) in [6, 6.07) is 13.1. The summed E-state index contributed by atoms with van der Waals surface area (Å²) in [5.74, 6) is 1.22. The third kappa shape index (κ3) is 4.43. The van der Waals surface area contributed by atoms with Crippen LogP contribution in [0, 0.1) is 13.8 Å². The smallest absolute Gasteiger partial charge is 0.277 e. The summed E-state index contributed by atoms with van der Waals surface area (Å²) in [4.78, 5) is 12.0. The van der Waals surface area contributed by atoms with Crippen LogP contribution in [0.25, 0.3) is 11.5 Å². The van der Waals surface area contributed by atoms with E-state index in [1.165, 1.54) is 17.3 Å². The fourth-order valence-corrected chi connectivity index (χ4v) is 2.82. The van der Waals surface area contributed by atoms with Crippen molar-refractivity contribution in [2.45, 2.75) is 19.1 Å². The Hall–Kier alpha value is -2.80. The minimum absolute atomic E-state index is 0.147. The topological polar surface area (TPSA) is 77.2 Å². The van der Waals surface area contributed by atoms with Crippen LogP contribution in [-0.2, 0) is 4.79 Å². The highest BCUT2D eigenvalue weighted by molar-refractivity contribution is 7.99. The number of nitrogens with one attached hydrogen (secondary N) is 1. The molecule has 0 aliphatic heterocycles. The first-order valence-electron chi connectivity index (χ1n) is 8.03. The summed E-state index contributed by atoms with van der Waals surface area (Å²) in [5.41, 5.74) is 3.94. The average molecular weight is 369 g/mol. The van der Waals surface area contributed by atoms with E-state index in [1.54, 1.807) is 31.4 Å². The number of amides is 1. The normalized spacial score (nSPS) is 10.6. The number of methoxy groups -OCH3 is 1. The number of ether oxygens (including phenoxy) is 1. The number of carbonyl (C=O) groups excluding carboxylic acids is 1. The molecule has 0 aliphatic carbocycles. The predicted octanol–water partition coefficient (Wildman–Crippen LogP) is 4.09. The average Bonchev–Trinajstić information content (AvgIpc) is 3.12. The van der Waals surface area contributed by atoms with Gasteiger partial charge in [-0.2, -0.15) is 0 Å². The first-order valence-corrected chi connectivity index (χ1v) is 9.01. The van der Waals surface area contributed by atoms with Crippen LogP contribution in [-0.4, -0.2) is 29.0 Å². The van der Waals surface area contributed by atoms with Gasteiger partial charge in [0.15, 0.2) is 0 Å². The minimum atomic E-state index is -0.147. The van der Waals surface area contributed by atoms with Crippen molar-refractivity contribution < 1.29 is 13.9 Å². The van der Waals surface area contributed by atoms with Gasteiger partial charge < -0.3 is 14.5 Å². The van der Waals surface area contributed by atoms with Crippen molar-refractivity contribution in [3.05, 3.63) is 53.6 Å². The zero-order valence-electron chi connectivity index (χ0n) is 14.8. The van der Waals surface area contributed by atoms with E-state index >= 15 is 0 Å². The van der Waals surface area contributed by atoms with Gasteiger partial charge in [0.2, 0.25) is 11.8 Å². The molecule has 0 saturated carbocycles. The standard InChI is InChI=1S/C19H19N3O3S/c1-12-4-5-14(10-13(12)2)18-21-22-19(25-18)26-11-17(23)20-15-6-8-16(24-3)9-7-15/h4-10H,11H2,1-3H3,(H,20,23). The van der Waals surface area contributed by atoms with Gasteiger partial charge in [-0.15, -0.1) is 10.2 Å². The summed E-state index contributed by atoms with van der Waals surface area (Å²) in [6.45, 7) is 4.09. The molecule has 7 heteroatoms. The SMILES string of the molecule is COc1ccc(NC(=O)CSc2nnc(-c3ccc(C)c(C)c3)o2)cc1. The molecule has 0 radical (unpaired) electrons. The van der Waals surface area contributed by atoms with E-state index < -0.39 is 0 Å². The molecule has 1 heterocycles. The van der Waals surface area contributed by atoms with Crippen LogP contribution in [0.5, 0.6) is 5.75 Å². The molecule has 0 aliphatic rings. The Labute approximate surface area is 156 Å². The Balaban J connectivity index is 1.57. The third-order valence-electron chi connectivity index (χ3n) is 3.86. The molecule has 0 bridgehead atoms. The largest absolute Gasteiger partial charge is 0.497 e. The maximum atomic E-state index is 12.0. The predicted molar refractivity (Wildman–Crippen MR) is 102 cm³/mol. The van der Waals surface area contributed by atoms with Crippen LogP contribution in [0.3, 0.4) is 0 Å². The second-order valence-corrected chi connectivity index (χ2v) is 6.66. The number of carbonyl (C=O) groups is 1. The second-order valence-electron chi connectivity index (χ2n) is 5.74. The molecule has 134 valence electrons. The molecule has 1 aromatic heterocycles. The lowest BCUT2D eigenvalue weighted by molar-refractivity contribution is -0.113. The lowest BCUT2D eigenvalue weighted by Gasteiger charge is -2.05. The van der Waals surface area contributed by atoms with Gasteiger partial charge in [-0.3, -0.25) is 4.79 Å². The summed E-state index contributed by atoms with van der Waals surface area (Å²) < 4.78 is 10.7. The van der Waals surface area contributed by atoms with Gasteiger partial charge in [0.05, 0.1) is 12.9 Å². The van der Waals surface area contributed by atoms with Gasteiger partial charge in [-0.25, -0.2) is 0 Å². The second kappa shape index (κ2) is 8.05. The minimum Gasteiger partial charge on any atom is -0.497 e. The van der Waals surface area contributed by atoms with E-state index in [-0.39, 0.29) is 11.7 Å². The van der Waals surface area contributed by atoms with Crippen molar-refractivity contribution in [3.63, 3.8) is 0 Å². The van der Waals surface area contributed by atoms with Crippen LogP contribution in [0.15, 0.2) is 52.1 Å². The van der Waals surface area contributed by atoms with Crippen molar-refractivity contribution in [1.82, 2.24) is 10.2 Å². The molecule has 3 aromatic rings. The van der Waals surface area contributed by atoms with Crippen molar-refractivity contribution in [1.29, 1.82) is 0 Å². The van der Waals surface area contributed by atoms with Gasteiger partial charge >= 0.3 is 0 Å². The van der Waals surface area contributed by atoms with Crippen molar-refractivity contribution in [3.8, 4) is 17.2 Å². The molecule has 2 aromatic carbocycles. The van der Waals surface area contributed by atoms with Crippen LogP contribution >= 0.6 is 11.8 Å². The Morgan fingerprint density at radius 3 is 2.58 bits per heavy atom. The van der Waals surface area contributed by atoms with E-state index in [0.717, 1.165) is 16.9 Å². The zero-order chi connectivity index (χ0) is 18.5. The molecule has 3 rings (SSSR count). The number of hydrogen-bond donors (Lipinski definition) is 1. The van der Waals surface area contributed by atoms with E-state index in [1.807, 2.05) is 25.1 Å². The van der Waals surface area contributed by atoms with E-state index in [4.69, 9.17) is 9.15 Å². The van der Waals surface area contributed by atoms with Gasteiger partial charge in [0, 0.05) is 11.3 Å². The monoisotopic (exact) mass is 369 g/mol. The first kappa shape index (κ1) is 18.0. The highest BCUT2D eigenvalue weighted by atomic mass is 32.2. The highest BCUT2D eigenvalue weighted by Gasteiger charge is 2.12. The van der Waals surface area contributed by atoms with E-state index in [0.29, 0.717) is 16.8 Å². The van der Waals surface area contributed by atoms with Crippen molar-refractivity contribution in [2.24, 2.45) is 0 Å². The maximum absolute atomic E-state index is 12.0. The Kier molecular flexibility index (Phi) is 5.58. The molecule has 1 amide bonds. The Bertz CT molecular complexity index is 907. The van der Waals surface area contributed by atoms with Gasteiger partial charge in [0.1, 0.15) is 5.75 Å². The number of thioether (sulfide) groups is 1. The summed E-state index contributed by atoms with van der Waals surface area (Å²) >= 11 is 1.20.